The quantitative estimate of drug-likeness (QED) is 0.579. The molecule has 1 aliphatic rings. The van der Waals surface area contributed by atoms with Crippen LogP contribution in [-0.4, -0.2) is 19.0 Å². The molecule has 1 heterocycles. The van der Waals surface area contributed by atoms with Gasteiger partial charge in [-0.3, -0.25) is 9.59 Å². The van der Waals surface area contributed by atoms with Crippen LogP contribution in [0.3, 0.4) is 0 Å². The predicted octanol–water partition coefficient (Wildman–Crippen LogP) is 1.10. The van der Waals surface area contributed by atoms with Crippen LogP contribution < -0.4 is 5.32 Å². The number of benzene rings is 1. The number of fused-ring (bicyclic) bond motifs is 1. The van der Waals surface area contributed by atoms with Gasteiger partial charge in [0, 0.05) is 11.3 Å². The summed E-state index contributed by atoms with van der Waals surface area (Å²) < 4.78 is 4.48. The number of carbonyl (C=O) groups is 2. The zero-order valence-electron chi connectivity index (χ0n) is 9.37. The first-order valence-corrected chi connectivity index (χ1v) is 5.17. The lowest BCUT2D eigenvalue weighted by atomic mass is 10.1. The third-order valence-electron chi connectivity index (χ3n) is 2.43. The van der Waals surface area contributed by atoms with Crippen molar-refractivity contribution in [1.29, 1.82) is 0 Å². The van der Waals surface area contributed by atoms with Crippen LogP contribution in [-0.2, 0) is 20.7 Å². The van der Waals surface area contributed by atoms with E-state index in [0.29, 0.717) is 6.42 Å². The molecular weight excluding hydrogens is 218 g/mol. The first-order valence-electron chi connectivity index (χ1n) is 5.17. The molecule has 1 aliphatic heterocycles. The number of esters is 1. The maximum absolute atomic E-state index is 11.1. The maximum Gasteiger partial charge on any atom is 0.317 e. The van der Waals surface area contributed by atoms with Gasteiger partial charge in [0.05, 0.1) is 13.5 Å². The van der Waals surface area contributed by atoms with E-state index in [1.807, 2.05) is 18.2 Å². The van der Waals surface area contributed by atoms with Gasteiger partial charge in [-0.25, -0.2) is 0 Å². The Morgan fingerprint density at radius 1 is 1.53 bits per heavy atom. The highest BCUT2D eigenvalue weighted by molar-refractivity contribution is 5.99. The lowest BCUT2D eigenvalue weighted by Crippen LogP contribution is -2.03. The van der Waals surface area contributed by atoms with Gasteiger partial charge in [-0.1, -0.05) is 17.9 Å². The molecule has 1 aromatic rings. The number of ether oxygens (including phenoxy) is 1. The summed E-state index contributed by atoms with van der Waals surface area (Å²) in [6.07, 6.45) is 0.491. The second-order valence-electron chi connectivity index (χ2n) is 3.65. The Kier molecular flexibility index (Phi) is 3.10. The lowest BCUT2D eigenvalue weighted by Gasteiger charge is -1.98. The Hall–Kier alpha value is -2.28. The average Bonchev–Trinajstić information content (AvgIpc) is 2.68. The fraction of sp³-hybridized carbons (Fsp3) is 0.231. The molecule has 1 amide bonds. The Morgan fingerprint density at radius 2 is 2.35 bits per heavy atom. The van der Waals surface area contributed by atoms with Crippen molar-refractivity contribution in [3.05, 3.63) is 29.3 Å². The van der Waals surface area contributed by atoms with Crippen LogP contribution in [0.25, 0.3) is 0 Å². The normalized spacial score (nSPS) is 12.2. The third-order valence-corrected chi connectivity index (χ3v) is 2.43. The van der Waals surface area contributed by atoms with E-state index in [9.17, 15) is 9.59 Å². The average molecular weight is 229 g/mol. The van der Waals surface area contributed by atoms with Crippen molar-refractivity contribution in [2.45, 2.75) is 12.8 Å². The molecule has 0 fully saturated rings. The minimum Gasteiger partial charge on any atom is -0.468 e. The van der Waals surface area contributed by atoms with E-state index in [4.69, 9.17) is 0 Å². The van der Waals surface area contributed by atoms with Gasteiger partial charge in [0.15, 0.2) is 0 Å². The van der Waals surface area contributed by atoms with Gasteiger partial charge in [0.25, 0.3) is 0 Å². The molecular formula is C13H11NO3. The van der Waals surface area contributed by atoms with Crippen LogP contribution in [0.5, 0.6) is 0 Å². The van der Waals surface area contributed by atoms with Gasteiger partial charge in [0.2, 0.25) is 5.91 Å². The smallest absolute Gasteiger partial charge is 0.317 e. The minimum atomic E-state index is -0.355. The second-order valence-corrected chi connectivity index (χ2v) is 3.65. The fourth-order valence-electron chi connectivity index (χ4n) is 1.58. The molecule has 0 bridgehead atoms. The van der Waals surface area contributed by atoms with Crippen LogP contribution in [0.1, 0.15) is 17.5 Å². The van der Waals surface area contributed by atoms with Crippen molar-refractivity contribution >= 4 is 17.6 Å². The number of hydrogen-bond acceptors (Lipinski definition) is 3. The maximum atomic E-state index is 11.1. The van der Waals surface area contributed by atoms with E-state index in [2.05, 4.69) is 21.9 Å². The van der Waals surface area contributed by atoms with Gasteiger partial charge >= 0.3 is 5.97 Å². The van der Waals surface area contributed by atoms with Crippen molar-refractivity contribution in [3.63, 3.8) is 0 Å². The topological polar surface area (TPSA) is 55.4 Å². The van der Waals surface area contributed by atoms with Crippen molar-refractivity contribution in [3.8, 4) is 11.8 Å². The minimum absolute atomic E-state index is 0.000306. The lowest BCUT2D eigenvalue weighted by molar-refractivity contribution is -0.139. The summed E-state index contributed by atoms with van der Waals surface area (Å²) in [4.78, 5) is 22.0. The number of nitrogens with one attached hydrogen (secondary N) is 1. The van der Waals surface area contributed by atoms with Crippen LogP contribution >= 0.6 is 0 Å². The highest BCUT2D eigenvalue weighted by atomic mass is 16.5. The number of carbonyl (C=O) groups excluding carboxylic acids is 2. The van der Waals surface area contributed by atoms with E-state index in [1.54, 1.807) is 0 Å². The third kappa shape index (κ3) is 2.64. The summed E-state index contributed by atoms with van der Waals surface area (Å²) in [7, 11) is 1.33. The Labute approximate surface area is 99.0 Å². The molecule has 0 radical (unpaired) electrons. The van der Waals surface area contributed by atoms with Crippen molar-refractivity contribution in [2.75, 3.05) is 12.4 Å². The van der Waals surface area contributed by atoms with E-state index >= 15 is 0 Å². The summed E-state index contributed by atoms with van der Waals surface area (Å²) in [5.74, 6) is 5.21. The van der Waals surface area contributed by atoms with Crippen LogP contribution in [0.15, 0.2) is 18.2 Å². The van der Waals surface area contributed by atoms with Gasteiger partial charge < -0.3 is 10.1 Å². The molecule has 0 saturated carbocycles. The molecule has 17 heavy (non-hydrogen) atoms. The monoisotopic (exact) mass is 229 g/mol. The number of amides is 1. The molecule has 0 unspecified atom stereocenters. The molecule has 4 nitrogen and oxygen atoms in total. The number of rotatable bonds is 1. The Bertz CT molecular complexity index is 537. The summed E-state index contributed by atoms with van der Waals surface area (Å²) in [5, 5.41) is 2.75. The summed E-state index contributed by atoms with van der Waals surface area (Å²) >= 11 is 0. The number of anilines is 1. The molecule has 86 valence electrons. The van der Waals surface area contributed by atoms with Crippen molar-refractivity contribution in [1.82, 2.24) is 0 Å². The SMILES string of the molecule is COC(=O)CC#Cc1ccc2c(c1)NC(=O)C2. The molecule has 0 aromatic heterocycles. The second kappa shape index (κ2) is 4.71. The molecule has 0 aliphatic carbocycles. The zero-order chi connectivity index (χ0) is 12.3. The molecule has 0 atom stereocenters. The van der Waals surface area contributed by atoms with Gasteiger partial charge in [-0.05, 0) is 17.7 Å². The number of hydrogen-bond donors (Lipinski definition) is 1. The molecule has 0 saturated heterocycles. The van der Waals surface area contributed by atoms with Gasteiger partial charge in [-0.2, -0.15) is 0 Å². The standard InChI is InChI=1S/C13H11NO3/c1-17-13(16)4-2-3-9-5-6-10-8-12(15)14-11(10)7-9/h5-7H,4,8H2,1H3,(H,14,15). The van der Waals surface area contributed by atoms with E-state index < -0.39 is 0 Å². The van der Waals surface area contributed by atoms with Crippen molar-refractivity contribution < 1.29 is 14.3 Å². The largest absolute Gasteiger partial charge is 0.468 e. The summed E-state index contributed by atoms with van der Waals surface area (Å²) in [6.45, 7) is 0. The molecule has 0 spiro atoms. The number of methoxy groups -OCH3 is 1. The van der Waals surface area contributed by atoms with Crippen molar-refractivity contribution in [2.24, 2.45) is 0 Å². The summed E-state index contributed by atoms with van der Waals surface area (Å²) in [6, 6.07) is 5.52. The van der Waals surface area contributed by atoms with Gasteiger partial charge in [0.1, 0.15) is 6.42 Å². The molecule has 4 heteroatoms. The van der Waals surface area contributed by atoms with Gasteiger partial charge in [-0.15, -0.1) is 0 Å². The molecule has 2 rings (SSSR count). The predicted molar refractivity (Wildman–Crippen MR) is 62.3 cm³/mol. The van der Waals surface area contributed by atoms with Crippen LogP contribution in [0, 0.1) is 11.8 Å². The highest BCUT2D eigenvalue weighted by Gasteiger charge is 2.16. The van der Waals surface area contributed by atoms with Crippen LogP contribution in [0.4, 0.5) is 5.69 Å². The van der Waals surface area contributed by atoms with E-state index in [1.165, 1.54) is 7.11 Å². The fourth-order valence-corrected chi connectivity index (χ4v) is 1.58. The first kappa shape index (κ1) is 11.2. The highest BCUT2D eigenvalue weighted by Crippen LogP contribution is 2.23. The molecule has 1 aromatic carbocycles. The zero-order valence-corrected chi connectivity index (χ0v) is 9.37. The Morgan fingerprint density at radius 3 is 3.12 bits per heavy atom. The van der Waals surface area contributed by atoms with E-state index in [-0.39, 0.29) is 18.3 Å². The Balaban J connectivity index is 2.11. The van der Waals surface area contributed by atoms with E-state index in [0.717, 1.165) is 16.8 Å². The molecule has 1 N–H and O–H groups in total. The van der Waals surface area contributed by atoms with Crippen LogP contribution in [0.2, 0.25) is 0 Å². The first-order chi connectivity index (χ1) is 8.19. The summed E-state index contributed by atoms with van der Waals surface area (Å²) in [5.41, 5.74) is 2.56.